The van der Waals surface area contributed by atoms with Crippen molar-refractivity contribution in [2.45, 2.75) is 17.9 Å². The highest BCUT2D eigenvalue weighted by molar-refractivity contribution is 7.85. The molecule has 0 saturated carbocycles. The maximum atomic E-state index is 12.3. The standard InChI is InChI=1S/C13H19NO4S/c1-2-16-10(8-14)9-19(15)11-3-4-12-13(7-11)18-6-5-17-12/h3-4,7,10H,2,5-6,8-9,14H2,1H3. The summed E-state index contributed by atoms with van der Waals surface area (Å²) in [4.78, 5) is 0.711. The monoisotopic (exact) mass is 285 g/mol. The second-order valence-electron chi connectivity index (χ2n) is 4.13. The molecule has 6 heteroatoms. The van der Waals surface area contributed by atoms with Crippen molar-refractivity contribution >= 4 is 10.8 Å². The summed E-state index contributed by atoms with van der Waals surface area (Å²) in [6.45, 7) is 3.91. The third kappa shape index (κ3) is 3.68. The summed E-state index contributed by atoms with van der Waals surface area (Å²) in [5.41, 5.74) is 5.59. The van der Waals surface area contributed by atoms with Crippen molar-refractivity contribution in [1.29, 1.82) is 0 Å². The van der Waals surface area contributed by atoms with Gasteiger partial charge in [-0.15, -0.1) is 0 Å². The summed E-state index contributed by atoms with van der Waals surface area (Å²) in [5.74, 6) is 1.74. The predicted octanol–water partition coefficient (Wildman–Crippen LogP) is 0.929. The molecule has 2 atom stereocenters. The summed E-state index contributed by atoms with van der Waals surface area (Å²) in [5, 5.41) is 0. The molecule has 1 aliphatic rings. The Kier molecular flexibility index (Phi) is 5.18. The molecule has 0 radical (unpaired) electrons. The molecule has 0 spiro atoms. The molecular formula is C13H19NO4S. The highest BCUT2D eigenvalue weighted by Gasteiger charge is 2.17. The lowest BCUT2D eigenvalue weighted by Gasteiger charge is -2.19. The van der Waals surface area contributed by atoms with E-state index >= 15 is 0 Å². The molecule has 19 heavy (non-hydrogen) atoms. The minimum atomic E-state index is -1.15. The van der Waals surface area contributed by atoms with Gasteiger partial charge in [-0.05, 0) is 19.1 Å². The van der Waals surface area contributed by atoms with Gasteiger partial charge in [-0.1, -0.05) is 0 Å². The molecule has 106 valence electrons. The van der Waals surface area contributed by atoms with Crippen molar-refractivity contribution in [1.82, 2.24) is 0 Å². The topological polar surface area (TPSA) is 70.8 Å². The molecule has 2 N–H and O–H groups in total. The molecule has 0 amide bonds. The normalized spacial score (nSPS) is 16.9. The van der Waals surface area contributed by atoms with Crippen molar-refractivity contribution in [3.8, 4) is 11.5 Å². The fraction of sp³-hybridized carbons (Fsp3) is 0.538. The van der Waals surface area contributed by atoms with E-state index in [1.165, 1.54) is 0 Å². The Balaban J connectivity index is 2.06. The molecule has 1 heterocycles. The lowest BCUT2D eigenvalue weighted by Crippen LogP contribution is -2.29. The van der Waals surface area contributed by atoms with Crippen molar-refractivity contribution in [2.75, 3.05) is 32.1 Å². The van der Waals surface area contributed by atoms with Gasteiger partial charge in [0.25, 0.3) is 0 Å². The number of nitrogens with two attached hydrogens (primary N) is 1. The van der Waals surface area contributed by atoms with Crippen LogP contribution in [0.2, 0.25) is 0 Å². The summed E-state index contributed by atoms with van der Waals surface area (Å²) in [6.07, 6.45) is -0.181. The van der Waals surface area contributed by atoms with Crippen LogP contribution >= 0.6 is 0 Å². The fourth-order valence-corrected chi connectivity index (χ4v) is 3.07. The number of rotatable bonds is 6. The Morgan fingerprint density at radius 3 is 2.79 bits per heavy atom. The molecule has 0 aromatic heterocycles. The van der Waals surface area contributed by atoms with Crippen LogP contribution in [0.25, 0.3) is 0 Å². The van der Waals surface area contributed by atoms with E-state index in [0.717, 1.165) is 0 Å². The average Bonchev–Trinajstić information content (AvgIpc) is 2.46. The van der Waals surface area contributed by atoms with Gasteiger partial charge in [0.2, 0.25) is 0 Å². The summed E-state index contributed by atoms with van der Waals surface area (Å²) < 4.78 is 28.6. The molecule has 0 bridgehead atoms. The zero-order valence-corrected chi connectivity index (χ0v) is 11.8. The molecule has 0 saturated heterocycles. The molecule has 0 fully saturated rings. The summed E-state index contributed by atoms with van der Waals surface area (Å²) in [7, 11) is -1.15. The molecule has 5 nitrogen and oxygen atoms in total. The number of hydrogen-bond donors (Lipinski definition) is 1. The minimum absolute atomic E-state index is 0.181. The van der Waals surface area contributed by atoms with Gasteiger partial charge in [0.05, 0.1) is 22.7 Å². The van der Waals surface area contributed by atoms with Crippen molar-refractivity contribution in [3.05, 3.63) is 18.2 Å². The largest absolute Gasteiger partial charge is 0.486 e. The van der Waals surface area contributed by atoms with Gasteiger partial charge < -0.3 is 19.9 Å². The molecule has 2 unspecified atom stereocenters. The second-order valence-corrected chi connectivity index (χ2v) is 5.63. The van der Waals surface area contributed by atoms with Gasteiger partial charge in [0.1, 0.15) is 13.2 Å². The third-order valence-corrected chi connectivity index (χ3v) is 4.23. The maximum Gasteiger partial charge on any atom is 0.162 e. The third-order valence-electron chi connectivity index (χ3n) is 2.78. The minimum Gasteiger partial charge on any atom is -0.486 e. The first-order chi connectivity index (χ1) is 9.24. The van der Waals surface area contributed by atoms with Crippen LogP contribution in [0.3, 0.4) is 0 Å². The number of fused-ring (bicyclic) bond motifs is 1. The molecule has 1 aromatic rings. The van der Waals surface area contributed by atoms with Crippen LogP contribution < -0.4 is 15.2 Å². The Bertz CT molecular complexity index is 452. The van der Waals surface area contributed by atoms with Crippen LogP contribution in [0.1, 0.15) is 6.92 Å². The van der Waals surface area contributed by atoms with E-state index in [0.29, 0.717) is 48.5 Å². The maximum absolute atomic E-state index is 12.3. The summed E-state index contributed by atoms with van der Waals surface area (Å²) in [6, 6.07) is 5.35. The van der Waals surface area contributed by atoms with Gasteiger partial charge in [-0.2, -0.15) is 0 Å². The lowest BCUT2D eigenvalue weighted by atomic mass is 10.3. The van der Waals surface area contributed by atoms with E-state index in [1.54, 1.807) is 18.2 Å². The van der Waals surface area contributed by atoms with E-state index in [2.05, 4.69) is 0 Å². The molecule has 2 rings (SSSR count). The highest BCUT2D eigenvalue weighted by Crippen LogP contribution is 2.31. The molecule has 0 aliphatic carbocycles. The van der Waals surface area contributed by atoms with E-state index in [1.807, 2.05) is 6.92 Å². The Morgan fingerprint density at radius 1 is 1.37 bits per heavy atom. The SMILES string of the molecule is CCOC(CN)CS(=O)c1ccc2c(c1)OCCO2. The Hall–Kier alpha value is -1.11. The van der Waals surface area contributed by atoms with E-state index in [4.69, 9.17) is 19.9 Å². The van der Waals surface area contributed by atoms with Crippen LogP contribution in [0, 0.1) is 0 Å². The average molecular weight is 285 g/mol. The summed E-state index contributed by atoms with van der Waals surface area (Å²) >= 11 is 0. The lowest BCUT2D eigenvalue weighted by molar-refractivity contribution is 0.0852. The molecular weight excluding hydrogens is 266 g/mol. The van der Waals surface area contributed by atoms with E-state index < -0.39 is 10.8 Å². The van der Waals surface area contributed by atoms with Gasteiger partial charge >= 0.3 is 0 Å². The van der Waals surface area contributed by atoms with Crippen LogP contribution in [-0.4, -0.2) is 42.4 Å². The second kappa shape index (κ2) is 6.88. The zero-order chi connectivity index (χ0) is 13.7. The van der Waals surface area contributed by atoms with Gasteiger partial charge in [0.15, 0.2) is 11.5 Å². The van der Waals surface area contributed by atoms with Crippen LogP contribution in [0.4, 0.5) is 0 Å². The van der Waals surface area contributed by atoms with Gasteiger partial charge in [-0.3, -0.25) is 4.21 Å². The van der Waals surface area contributed by atoms with Gasteiger partial charge in [0, 0.05) is 24.1 Å². The molecule has 1 aromatic carbocycles. The van der Waals surface area contributed by atoms with Crippen LogP contribution in [-0.2, 0) is 15.5 Å². The van der Waals surface area contributed by atoms with Crippen molar-refractivity contribution in [3.63, 3.8) is 0 Å². The van der Waals surface area contributed by atoms with Crippen LogP contribution in [0.5, 0.6) is 11.5 Å². The predicted molar refractivity (Wildman–Crippen MR) is 73.2 cm³/mol. The Labute approximate surface area is 115 Å². The van der Waals surface area contributed by atoms with Gasteiger partial charge in [-0.25, -0.2) is 0 Å². The van der Waals surface area contributed by atoms with Crippen LogP contribution in [0.15, 0.2) is 23.1 Å². The smallest absolute Gasteiger partial charge is 0.162 e. The number of hydrogen-bond acceptors (Lipinski definition) is 5. The number of benzene rings is 1. The van der Waals surface area contributed by atoms with Crippen molar-refractivity contribution in [2.24, 2.45) is 5.73 Å². The fourth-order valence-electron chi connectivity index (χ4n) is 1.85. The van der Waals surface area contributed by atoms with Crippen molar-refractivity contribution < 1.29 is 18.4 Å². The quantitative estimate of drug-likeness (QED) is 0.842. The first kappa shape index (κ1) is 14.3. The Morgan fingerprint density at radius 2 is 2.11 bits per heavy atom. The first-order valence-electron chi connectivity index (χ1n) is 6.34. The van der Waals surface area contributed by atoms with E-state index in [9.17, 15) is 4.21 Å². The number of ether oxygens (including phenoxy) is 3. The highest BCUT2D eigenvalue weighted by atomic mass is 32.2. The van der Waals surface area contributed by atoms with E-state index in [-0.39, 0.29) is 6.10 Å². The first-order valence-corrected chi connectivity index (χ1v) is 7.66. The molecule has 1 aliphatic heterocycles. The zero-order valence-electron chi connectivity index (χ0n) is 11.0.